The lowest BCUT2D eigenvalue weighted by Gasteiger charge is -2.50. The van der Waals surface area contributed by atoms with E-state index >= 15 is 0 Å². The number of hydrogen-bond acceptors (Lipinski definition) is 7. The van der Waals surface area contributed by atoms with Crippen LogP contribution in [0.3, 0.4) is 0 Å². The highest BCUT2D eigenvalue weighted by Gasteiger charge is 2.47. The average molecular weight is 452 g/mol. The third kappa shape index (κ3) is 5.53. The highest BCUT2D eigenvalue weighted by Crippen LogP contribution is 2.46. The second kappa shape index (κ2) is 9.37. The Morgan fingerprint density at radius 3 is 2.55 bits per heavy atom. The van der Waals surface area contributed by atoms with Crippen molar-refractivity contribution in [2.45, 2.75) is 44.8 Å². The summed E-state index contributed by atoms with van der Waals surface area (Å²) in [6, 6.07) is 4.03. The van der Waals surface area contributed by atoms with Crippen molar-refractivity contribution < 1.29 is 27.2 Å². The lowest BCUT2D eigenvalue weighted by Crippen LogP contribution is -2.54. The van der Waals surface area contributed by atoms with E-state index in [0.29, 0.717) is 23.8 Å². The Kier molecular flexibility index (Phi) is 7.21. The Balaban J connectivity index is 1.94. The predicted molar refractivity (Wildman–Crippen MR) is 119 cm³/mol. The van der Waals surface area contributed by atoms with E-state index in [2.05, 4.69) is 30.6 Å². The topological polar surface area (TPSA) is 85.3 Å². The van der Waals surface area contributed by atoms with E-state index in [1.165, 1.54) is 5.56 Å². The van der Waals surface area contributed by atoms with Gasteiger partial charge in [0.1, 0.15) is 12.2 Å². The third-order valence-electron chi connectivity index (χ3n) is 6.15. The molecular weight excluding hydrogens is 418 g/mol. The van der Waals surface area contributed by atoms with Crippen LogP contribution in [0.1, 0.15) is 43.9 Å². The summed E-state index contributed by atoms with van der Waals surface area (Å²) in [5.74, 6) is 7.48. The molecule has 0 amide bonds. The molecule has 7 nitrogen and oxygen atoms in total. The van der Waals surface area contributed by atoms with Crippen molar-refractivity contribution in [1.82, 2.24) is 4.90 Å². The highest BCUT2D eigenvalue weighted by atomic mass is 32.2. The standard InChI is InChI=1S/C23H33NO6S/c1-16(2)11-18-15-24-9-7-17-12-21(28-3)22(29-4)13-19(17)20(24)14-23(18,25)8-6-10-30-31(5,26)27/h12-13,16,18,20,25H,7,9-11,14-15H2,1-5H3/t18-,20-,23-/m1/s1. The van der Waals surface area contributed by atoms with E-state index in [9.17, 15) is 13.5 Å². The Morgan fingerprint density at radius 1 is 1.26 bits per heavy atom. The lowest BCUT2D eigenvalue weighted by atomic mass is 9.71. The average Bonchev–Trinajstić information content (AvgIpc) is 2.70. The van der Waals surface area contributed by atoms with E-state index in [1.54, 1.807) is 14.2 Å². The van der Waals surface area contributed by atoms with Crippen LogP contribution in [0.2, 0.25) is 0 Å². The summed E-state index contributed by atoms with van der Waals surface area (Å²) in [5, 5.41) is 11.6. The summed E-state index contributed by atoms with van der Waals surface area (Å²) in [6.45, 7) is 5.65. The van der Waals surface area contributed by atoms with E-state index < -0.39 is 15.7 Å². The first kappa shape index (κ1) is 23.9. The zero-order chi connectivity index (χ0) is 22.8. The molecule has 1 aromatic carbocycles. The molecule has 0 unspecified atom stereocenters. The summed E-state index contributed by atoms with van der Waals surface area (Å²) in [6.07, 6.45) is 3.18. The number of nitrogens with zero attached hydrogens (tertiary/aromatic N) is 1. The van der Waals surface area contributed by atoms with Crippen molar-refractivity contribution in [3.8, 4) is 23.3 Å². The molecule has 2 aliphatic rings. The number of rotatable bonds is 6. The zero-order valence-electron chi connectivity index (χ0n) is 19.0. The number of hydrogen-bond donors (Lipinski definition) is 1. The minimum atomic E-state index is -3.57. The number of aliphatic hydroxyl groups is 1. The van der Waals surface area contributed by atoms with Gasteiger partial charge in [-0.25, -0.2) is 0 Å². The third-order valence-corrected chi connectivity index (χ3v) is 6.70. The molecular formula is C23H33NO6S. The fourth-order valence-electron chi connectivity index (χ4n) is 4.75. The smallest absolute Gasteiger partial charge is 0.265 e. The Morgan fingerprint density at radius 2 is 1.94 bits per heavy atom. The molecule has 172 valence electrons. The highest BCUT2D eigenvalue weighted by molar-refractivity contribution is 7.86. The van der Waals surface area contributed by atoms with Gasteiger partial charge in [0.25, 0.3) is 10.1 Å². The van der Waals surface area contributed by atoms with Crippen LogP contribution in [0.15, 0.2) is 12.1 Å². The normalized spacial score (nSPS) is 25.9. The Labute approximate surface area is 185 Å². The summed E-state index contributed by atoms with van der Waals surface area (Å²) in [4.78, 5) is 2.42. The van der Waals surface area contributed by atoms with Gasteiger partial charge in [-0.05, 0) is 42.0 Å². The molecule has 31 heavy (non-hydrogen) atoms. The van der Waals surface area contributed by atoms with Gasteiger partial charge in [0.15, 0.2) is 11.5 Å². The largest absolute Gasteiger partial charge is 0.493 e. The van der Waals surface area contributed by atoms with Gasteiger partial charge < -0.3 is 14.6 Å². The molecule has 3 rings (SSSR count). The van der Waals surface area contributed by atoms with E-state index in [1.807, 2.05) is 12.1 Å². The fourth-order valence-corrected chi connectivity index (χ4v) is 5.02. The molecule has 8 heteroatoms. The first-order chi connectivity index (χ1) is 14.6. The van der Waals surface area contributed by atoms with Crippen LogP contribution in [0.5, 0.6) is 11.5 Å². The molecule has 1 aromatic rings. The molecule has 1 saturated heterocycles. The SMILES string of the molecule is COc1cc2c(cc1OC)[C@H]1C[C@](O)(C#CCOS(C)(=O)=O)[C@H](CC(C)C)CN1CC2. The quantitative estimate of drug-likeness (QED) is 0.525. The van der Waals surface area contributed by atoms with Gasteiger partial charge in [0.05, 0.1) is 20.5 Å². The van der Waals surface area contributed by atoms with Gasteiger partial charge in [-0.1, -0.05) is 25.7 Å². The van der Waals surface area contributed by atoms with Crippen LogP contribution in [-0.2, 0) is 20.7 Å². The van der Waals surface area contributed by atoms with Crippen molar-refractivity contribution in [3.63, 3.8) is 0 Å². The van der Waals surface area contributed by atoms with Crippen LogP contribution in [0.25, 0.3) is 0 Å². The predicted octanol–water partition coefficient (Wildman–Crippen LogP) is 2.38. The first-order valence-electron chi connectivity index (χ1n) is 10.6. The summed E-state index contributed by atoms with van der Waals surface area (Å²) < 4.78 is 38.2. The van der Waals surface area contributed by atoms with Crippen LogP contribution >= 0.6 is 0 Å². The van der Waals surface area contributed by atoms with Gasteiger partial charge in [-0.15, -0.1) is 0 Å². The Hall–Kier alpha value is -1.79. The summed E-state index contributed by atoms with van der Waals surface area (Å²) >= 11 is 0. The maximum absolute atomic E-state index is 11.6. The van der Waals surface area contributed by atoms with Crippen LogP contribution < -0.4 is 9.47 Å². The molecule has 0 radical (unpaired) electrons. The fraction of sp³-hybridized carbons (Fsp3) is 0.652. The second-order valence-corrected chi connectivity index (χ2v) is 10.5. The lowest BCUT2D eigenvalue weighted by molar-refractivity contribution is -0.0648. The number of benzene rings is 1. The van der Waals surface area contributed by atoms with Gasteiger partial charge in [-0.2, -0.15) is 8.42 Å². The van der Waals surface area contributed by atoms with E-state index in [4.69, 9.17) is 13.7 Å². The minimum absolute atomic E-state index is 0.00194. The van der Waals surface area contributed by atoms with Crippen LogP contribution in [0, 0.1) is 23.7 Å². The molecule has 1 N–H and O–H groups in total. The molecule has 2 heterocycles. The molecule has 0 saturated carbocycles. The second-order valence-electron chi connectivity index (χ2n) is 8.89. The van der Waals surface area contributed by atoms with Crippen LogP contribution in [0.4, 0.5) is 0 Å². The summed E-state index contributed by atoms with van der Waals surface area (Å²) in [5.41, 5.74) is 1.09. The van der Waals surface area contributed by atoms with E-state index in [0.717, 1.165) is 37.8 Å². The minimum Gasteiger partial charge on any atom is -0.493 e. The maximum atomic E-state index is 11.6. The summed E-state index contributed by atoms with van der Waals surface area (Å²) in [7, 11) is -0.323. The molecule has 0 bridgehead atoms. The van der Waals surface area contributed by atoms with Crippen LogP contribution in [-0.4, -0.2) is 64.2 Å². The first-order valence-corrected chi connectivity index (χ1v) is 12.4. The van der Waals surface area contributed by atoms with Crippen molar-refractivity contribution in [1.29, 1.82) is 0 Å². The van der Waals surface area contributed by atoms with Gasteiger partial charge >= 0.3 is 0 Å². The number of ether oxygens (including phenoxy) is 2. The van der Waals surface area contributed by atoms with Gasteiger partial charge in [0, 0.05) is 31.5 Å². The maximum Gasteiger partial charge on any atom is 0.265 e. The van der Waals surface area contributed by atoms with Crippen molar-refractivity contribution in [2.24, 2.45) is 11.8 Å². The number of methoxy groups -OCH3 is 2. The zero-order valence-corrected chi connectivity index (χ0v) is 19.8. The Bertz CT molecular complexity index is 964. The molecule has 0 spiro atoms. The van der Waals surface area contributed by atoms with Crippen molar-refractivity contribution in [3.05, 3.63) is 23.3 Å². The molecule has 1 fully saturated rings. The number of piperidine rings is 1. The van der Waals surface area contributed by atoms with Gasteiger partial charge in [-0.3, -0.25) is 9.08 Å². The van der Waals surface area contributed by atoms with Gasteiger partial charge in [0.2, 0.25) is 0 Å². The van der Waals surface area contributed by atoms with Crippen molar-refractivity contribution >= 4 is 10.1 Å². The van der Waals surface area contributed by atoms with Crippen molar-refractivity contribution in [2.75, 3.05) is 40.2 Å². The number of fused-ring (bicyclic) bond motifs is 3. The molecule has 2 aliphatic heterocycles. The monoisotopic (exact) mass is 451 g/mol. The molecule has 0 aromatic heterocycles. The molecule has 3 atom stereocenters. The van der Waals surface area contributed by atoms with E-state index in [-0.39, 0.29) is 18.6 Å². The molecule has 0 aliphatic carbocycles.